The van der Waals surface area contributed by atoms with Crippen molar-refractivity contribution in [1.29, 1.82) is 0 Å². The molecule has 0 heterocycles. The molecule has 3 nitrogen and oxygen atoms in total. The van der Waals surface area contributed by atoms with E-state index in [0.29, 0.717) is 10.6 Å². The molecule has 0 fully saturated rings. The Kier molecular flexibility index (Phi) is 4.55. The number of aliphatic hydroxyl groups excluding tert-OH is 1. The van der Waals surface area contributed by atoms with E-state index in [9.17, 15) is 9.90 Å². The van der Waals surface area contributed by atoms with E-state index in [1.165, 1.54) is 0 Å². The molecule has 0 bridgehead atoms. The summed E-state index contributed by atoms with van der Waals surface area (Å²) >= 11 is 5.85. The lowest BCUT2D eigenvalue weighted by Gasteiger charge is -2.16. The summed E-state index contributed by atoms with van der Waals surface area (Å²) in [7, 11) is 0. The summed E-state index contributed by atoms with van der Waals surface area (Å²) in [6, 6.07) is 15.6. The van der Waals surface area contributed by atoms with E-state index in [1.807, 2.05) is 30.3 Å². The van der Waals surface area contributed by atoms with Gasteiger partial charge in [-0.2, -0.15) is 0 Å². The zero-order chi connectivity index (χ0) is 13.7. The Morgan fingerprint density at radius 2 is 1.89 bits per heavy atom. The molecule has 1 atom stereocenters. The normalized spacial score (nSPS) is 11.9. The fourth-order valence-electron chi connectivity index (χ4n) is 1.79. The van der Waals surface area contributed by atoms with Crippen molar-refractivity contribution in [2.45, 2.75) is 6.04 Å². The van der Waals surface area contributed by atoms with E-state index >= 15 is 0 Å². The van der Waals surface area contributed by atoms with E-state index in [1.54, 1.807) is 24.3 Å². The van der Waals surface area contributed by atoms with Gasteiger partial charge in [0.1, 0.15) is 0 Å². The van der Waals surface area contributed by atoms with Gasteiger partial charge < -0.3 is 10.4 Å². The third-order valence-corrected chi connectivity index (χ3v) is 3.01. The molecule has 2 rings (SSSR count). The number of rotatable bonds is 4. The first-order valence-electron chi connectivity index (χ1n) is 5.93. The second kappa shape index (κ2) is 6.36. The molecule has 0 aliphatic heterocycles. The quantitative estimate of drug-likeness (QED) is 0.901. The maximum atomic E-state index is 12.1. The standard InChI is InChI=1S/C15H14ClNO2/c16-13-8-4-7-12(9-13)15(19)17-14(10-18)11-5-2-1-3-6-11/h1-9,14,18H,10H2,(H,17,19). The van der Waals surface area contributed by atoms with Crippen LogP contribution in [0.2, 0.25) is 5.02 Å². The van der Waals surface area contributed by atoms with Crippen molar-refractivity contribution in [1.82, 2.24) is 5.32 Å². The fraction of sp³-hybridized carbons (Fsp3) is 0.133. The van der Waals surface area contributed by atoms with Crippen LogP contribution in [-0.2, 0) is 0 Å². The molecule has 2 aromatic carbocycles. The first kappa shape index (κ1) is 13.6. The van der Waals surface area contributed by atoms with Gasteiger partial charge in [0.2, 0.25) is 0 Å². The van der Waals surface area contributed by atoms with Crippen molar-refractivity contribution in [3.05, 3.63) is 70.7 Å². The van der Waals surface area contributed by atoms with Crippen molar-refractivity contribution >= 4 is 17.5 Å². The van der Waals surface area contributed by atoms with Gasteiger partial charge in [-0.1, -0.05) is 48.0 Å². The molecule has 19 heavy (non-hydrogen) atoms. The summed E-state index contributed by atoms with van der Waals surface area (Å²) in [5.74, 6) is -0.259. The highest BCUT2D eigenvalue weighted by Crippen LogP contribution is 2.14. The average molecular weight is 276 g/mol. The van der Waals surface area contributed by atoms with Crippen LogP contribution in [0.15, 0.2) is 54.6 Å². The summed E-state index contributed by atoms with van der Waals surface area (Å²) < 4.78 is 0. The molecule has 1 amide bonds. The number of carbonyl (C=O) groups is 1. The van der Waals surface area contributed by atoms with Gasteiger partial charge in [-0.3, -0.25) is 4.79 Å². The Balaban J connectivity index is 2.13. The van der Waals surface area contributed by atoms with Crippen LogP contribution in [0.1, 0.15) is 22.0 Å². The zero-order valence-corrected chi connectivity index (χ0v) is 11.0. The number of carbonyl (C=O) groups excluding carboxylic acids is 1. The molecule has 2 aromatic rings. The van der Waals surface area contributed by atoms with E-state index in [-0.39, 0.29) is 12.5 Å². The molecular weight excluding hydrogens is 262 g/mol. The first-order chi connectivity index (χ1) is 9.20. The van der Waals surface area contributed by atoms with Crippen LogP contribution in [0.4, 0.5) is 0 Å². The predicted octanol–water partition coefficient (Wildman–Crippen LogP) is 2.80. The third-order valence-electron chi connectivity index (χ3n) is 2.78. The molecule has 4 heteroatoms. The van der Waals surface area contributed by atoms with Crippen molar-refractivity contribution in [2.24, 2.45) is 0 Å². The van der Waals surface area contributed by atoms with Crippen LogP contribution in [0.3, 0.4) is 0 Å². The largest absolute Gasteiger partial charge is 0.394 e. The Morgan fingerprint density at radius 1 is 1.16 bits per heavy atom. The second-order valence-corrected chi connectivity index (χ2v) is 4.57. The van der Waals surface area contributed by atoms with Gasteiger partial charge in [-0.05, 0) is 23.8 Å². The summed E-state index contributed by atoms with van der Waals surface area (Å²) in [5.41, 5.74) is 1.34. The van der Waals surface area contributed by atoms with Gasteiger partial charge in [0.25, 0.3) is 5.91 Å². The molecule has 0 saturated carbocycles. The zero-order valence-electron chi connectivity index (χ0n) is 10.2. The lowest BCUT2D eigenvalue weighted by Crippen LogP contribution is -2.30. The second-order valence-electron chi connectivity index (χ2n) is 4.13. The maximum absolute atomic E-state index is 12.1. The first-order valence-corrected chi connectivity index (χ1v) is 6.30. The fourth-order valence-corrected chi connectivity index (χ4v) is 1.98. The number of hydrogen-bond acceptors (Lipinski definition) is 2. The number of nitrogens with one attached hydrogen (secondary N) is 1. The molecule has 0 aliphatic rings. The molecule has 0 aromatic heterocycles. The van der Waals surface area contributed by atoms with Crippen LogP contribution in [0, 0.1) is 0 Å². The number of benzene rings is 2. The number of aliphatic hydroxyl groups is 1. The Bertz CT molecular complexity index is 557. The minimum atomic E-state index is -0.423. The van der Waals surface area contributed by atoms with Crippen LogP contribution in [0.5, 0.6) is 0 Å². The average Bonchev–Trinajstić information content (AvgIpc) is 2.45. The lowest BCUT2D eigenvalue weighted by atomic mass is 10.1. The monoisotopic (exact) mass is 275 g/mol. The van der Waals surface area contributed by atoms with Gasteiger partial charge in [0.05, 0.1) is 12.6 Å². The smallest absolute Gasteiger partial charge is 0.251 e. The van der Waals surface area contributed by atoms with Crippen molar-refractivity contribution in [3.8, 4) is 0 Å². The van der Waals surface area contributed by atoms with E-state index in [4.69, 9.17) is 11.6 Å². The Labute approximate surface area is 116 Å². The van der Waals surface area contributed by atoms with Gasteiger partial charge in [-0.25, -0.2) is 0 Å². The number of halogens is 1. The molecule has 1 unspecified atom stereocenters. The Morgan fingerprint density at radius 3 is 2.53 bits per heavy atom. The minimum absolute atomic E-state index is 0.156. The van der Waals surface area contributed by atoms with Gasteiger partial charge >= 0.3 is 0 Å². The van der Waals surface area contributed by atoms with Crippen LogP contribution >= 0.6 is 11.6 Å². The SMILES string of the molecule is O=C(NC(CO)c1ccccc1)c1cccc(Cl)c1. The molecule has 0 spiro atoms. The van der Waals surface area contributed by atoms with Crippen molar-refractivity contribution in [2.75, 3.05) is 6.61 Å². The summed E-state index contributed by atoms with van der Waals surface area (Å²) in [6.07, 6.45) is 0. The number of hydrogen-bond donors (Lipinski definition) is 2. The molecule has 0 aliphatic carbocycles. The highest BCUT2D eigenvalue weighted by atomic mass is 35.5. The van der Waals surface area contributed by atoms with Gasteiger partial charge in [0, 0.05) is 10.6 Å². The van der Waals surface area contributed by atoms with Gasteiger partial charge in [0.15, 0.2) is 0 Å². The molecular formula is C15H14ClNO2. The topological polar surface area (TPSA) is 49.3 Å². The van der Waals surface area contributed by atoms with Crippen LogP contribution < -0.4 is 5.32 Å². The maximum Gasteiger partial charge on any atom is 0.251 e. The van der Waals surface area contributed by atoms with E-state index < -0.39 is 6.04 Å². The van der Waals surface area contributed by atoms with Crippen LogP contribution in [-0.4, -0.2) is 17.6 Å². The summed E-state index contributed by atoms with van der Waals surface area (Å²) in [6.45, 7) is -0.156. The highest BCUT2D eigenvalue weighted by Gasteiger charge is 2.14. The summed E-state index contributed by atoms with van der Waals surface area (Å²) in [4.78, 5) is 12.1. The Hall–Kier alpha value is -1.84. The lowest BCUT2D eigenvalue weighted by molar-refractivity contribution is 0.0916. The molecule has 2 N–H and O–H groups in total. The van der Waals surface area contributed by atoms with E-state index in [0.717, 1.165) is 5.56 Å². The number of amides is 1. The highest BCUT2D eigenvalue weighted by molar-refractivity contribution is 6.30. The predicted molar refractivity (Wildman–Crippen MR) is 75.2 cm³/mol. The van der Waals surface area contributed by atoms with Crippen molar-refractivity contribution < 1.29 is 9.90 Å². The van der Waals surface area contributed by atoms with Gasteiger partial charge in [-0.15, -0.1) is 0 Å². The molecule has 0 radical (unpaired) electrons. The molecule has 0 saturated heterocycles. The summed E-state index contributed by atoms with van der Waals surface area (Å²) in [5, 5.41) is 12.7. The third kappa shape index (κ3) is 3.56. The van der Waals surface area contributed by atoms with E-state index in [2.05, 4.69) is 5.32 Å². The molecule has 98 valence electrons. The van der Waals surface area contributed by atoms with Crippen LogP contribution in [0.25, 0.3) is 0 Å². The minimum Gasteiger partial charge on any atom is -0.394 e. The van der Waals surface area contributed by atoms with Crippen molar-refractivity contribution in [3.63, 3.8) is 0 Å².